The van der Waals surface area contributed by atoms with E-state index in [0.717, 1.165) is 25.7 Å². The molecular formula is C18H30N2O4. The van der Waals surface area contributed by atoms with Gasteiger partial charge in [0.25, 0.3) is 5.91 Å². The highest BCUT2D eigenvalue weighted by Gasteiger charge is 2.28. The van der Waals surface area contributed by atoms with Gasteiger partial charge in [-0.05, 0) is 44.4 Å². The first-order valence-corrected chi connectivity index (χ1v) is 9.22. The Balaban J connectivity index is 1.79. The summed E-state index contributed by atoms with van der Waals surface area (Å²) in [6.07, 6.45) is 8.37. The number of carbonyl (C=O) groups is 3. The average Bonchev–Trinajstić information content (AvgIpc) is 2.64. The molecule has 1 heterocycles. The fraction of sp³-hybridized carbons (Fsp3) is 0.833. The van der Waals surface area contributed by atoms with Crippen molar-refractivity contribution in [2.45, 2.75) is 57.9 Å². The number of hydrogen-bond donors (Lipinski definition) is 1. The normalized spacial score (nSPS) is 21.0. The Morgan fingerprint density at radius 1 is 1.12 bits per heavy atom. The van der Waals surface area contributed by atoms with Gasteiger partial charge in [0.15, 0.2) is 0 Å². The predicted octanol–water partition coefficient (Wildman–Crippen LogP) is 1.53. The number of ketones is 1. The minimum Gasteiger partial charge on any atom is -0.381 e. The van der Waals surface area contributed by atoms with Crippen LogP contribution in [-0.4, -0.2) is 55.3 Å². The van der Waals surface area contributed by atoms with Crippen molar-refractivity contribution in [3.05, 3.63) is 0 Å². The Bertz CT molecular complexity index is 429. The van der Waals surface area contributed by atoms with Crippen LogP contribution in [-0.2, 0) is 19.1 Å². The summed E-state index contributed by atoms with van der Waals surface area (Å²) >= 11 is 0. The molecule has 1 atom stereocenters. The van der Waals surface area contributed by atoms with Crippen molar-refractivity contribution in [1.82, 2.24) is 10.2 Å². The van der Waals surface area contributed by atoms with E-state index in [-0.39, 0.29) is 0 Å². The fourth-order valence-corrected chi connectivity index (χ4v) is 3.58. The van der Waals surface area contributed by atoms with Crippen LogP contribution in [0.3, 0.4) is 0 Å². The molecule has 1 unspecified atom stereocenters. The van der Waals surface area contributed by atoms with Crippen LogP contribution >= 0.6 is 0 Å². The highest BCUT2D eigenvalue weighted by molar-refractivity contribution is 6.38. The highest BCUT2D eigenvalue weighted by atomic mass is 16.5. The van der Waals surface area contributed by atoms with Gasteiger partial charge in [0.05, 0.1) is 6.04 Å². The summed E-state index contributed by atoms with van der Waals surface area (Å²) in [6.45, 7) is 4.10. The molecule has 24 heavy (non-hydrogen) atoms. The molecule has 0 radical (unpaired) electrons. The number of Topliss-reactive ketones (excluding diaryl/α,β-unsaturated/α-hetero) is 1. The Morgan fingerprint density at radius 3 is 2.42 bits per heavy atom. The summed E-state index contributed by atoms with van der Waals surface area (Å²) in [5.41, 5.74) is 0. The van der Waals surface area contributed by atoms with Gasteiger partial charge < -0.3 is 15.0 Å². The minimum atomic E-state index is -0.711. The van der Waals surface area contributed by atoms with Gasteiger partial charge in [-0.1, -0.05) is 19.3 Å². The lowest BCUT2D eigenvalue weighted by molar-refractivity contribution is -0.142. The number of nitrogens with one attached hydrogen (secondary N) is 1. The van der Waals surface area contributed by atoms with Gasteiger partial charge in [-0.3, -0.25) is 14.4 Å². The smallest absolute Gasteiger partial charge is 0.289 e. The summed E-state index contributed by atoms with van der Waals surface area (Å²) in [5, 5.41) is 2.76. The lowest BCUT2D eigenvalue weighted by Gasteiger charge is -2.30. The van der Waals surface area contributed by atoms with Crippen LogP contribution < -0.4 is 5.32 Å². The van der Waals surface area contributed by atoms with Gasteiger partial charge in [0.2, 0.25) is 12.2 Å². The molecule has 6 nitrogen and oxygen atoms in total. The van der Waals surface area contributed by atoms with E-state index < -0.39 is 17.7 Å². The van der Waals surface area contributed by atoms with Crippen LogP contribution in [0, 0.1) is 11.8 Å². The maximum atomic E-state index is 12.3. The number of amides is 2. The molecule has 2 aliphatic rings. The predicted molar refractivity (Wildman–Crippen MR) is 90.4 cm³/mol. The number of nitrogens with zero attached hydrogens (tertiary/aromatic N) is 1. The summed E-state index contributed by atoms with van der Waals surface area (Å²) < 4.78 is 5.31. The lowest BCUT2D eigenvalue weighted by atomic mass is 9.89. The molecular weight excluding hydrogens is 308 g/mol. The monoisotopic (exact) mass is 338 g/mol. The number of ether oxygens (including phenoxy) is 1. The average molecular weight is 338 g/mol. The van der Waals surface area contributed by atoms with Gasteiger partial charge >= 0.3 is 0 Å². The first-order chi connectivity index (χ1) is 11.6. The Kier molecular flexibility index (Phi) is 7.69. The third-order valence-electron chi connectivity index (χ3n) is 5.32. The van der Waals surface area contributed by atoms with Crippen LogP contribution in [0.25, 0.3) is 0 Å². The Morgan fingerprint density at radius 2 is 1.79 bits per heavy atom. The van der Waals surface area contributed by atoms with Crippen molar-refractivity contribution in [3.8, 4) is 0 Å². The van der Waals surface area contributed by atoms with Gasteiger partial charge in [0, 0.05) is 26.3 Å². The number of carbonyl (C=O) groups excluding carboxylic acids is 3. The molecule has 1 saturated carbocycles. The van der Waals surface area contributed by atoms with E-state index in [9.17, 15) is 14.4 Å². The highest BCUT2D eigenvalue weighted by Crippen LogP contribution is 2.22. The van der Waals surface area contributed by atoms with E-state index in [2.05, 4.69) is 5.32 Å². The number of rotatable bonds is 8. The van der Waals surface area contributed by atoms with Crippen molar-refractivity contribution in [3.63, 3.8) is 0 Å². The summed E-state index contributed by atoms with van der Waals surface area (Å²) in [4.78, 5) is 37.3. The fourth-order valence-electron chi connectivity index (χ4n) is 3.58. The van der Waals surface area contributed by atoms with Crippen molar-refractivity contribution in [2.24, 2.45) is 11.8 Å². The number of hydrogen-bond acceptors (Lipinski definition) is 4. The molecule has 2 rings (SSSR count). The molecule has 2 fully saturated rings. The van der Waals surface area contributed by atoms with E-state index in [1.165, 1.54) is 24.2 Å². The van der Waals surface area contributed by atoms with Crippen LogP contribution in [0.1, 0.15) is 51.9 Å². The molecule has 0 bridgehead atoms. The zero-order chi connectivity index (χ0) is 17.4. The summed E-state index contributed by atoms with van der Waals surface area (Å²) in [6, 6.07) is -0.711. The molecule has 1 saturated heterocycles. The van der Waals surface area contributed by atoms with Crippen LogP contribution in [0.5, 0.6) is 0 Å². The zero-order valence-electron chi connectivity index (χ0n) is 14.7. The molecule has 2 amide bonds. The van der Waals surface area contributed by atoms with Crippen molar-refractivity contribution in [1.29, 1.82) is 0 Å². The molecule has 0 aromatic heterocycles. The molecule has 0 aromatic carbocycles. The van der Waals surface area contributed by atoms with Gasteiger partial charge in [-0.2, -0.15) is 0 Å². The molecule has 1 N–H and O–H groups in total. The lowest BCUT2D eigenvalue weighted by Crippen LogP contribution is -2.48. The second-order valence-corrected chi connectivity index (χ2v) is 7.11. The Labute approximate surface area is 144 Å². The third-order valence-corrected chi connectivity index (χ3v) is 5.32. The topological polar surface area (TPSA) is 75.7 Å². The summed E-state index contributed by atoms with van der Waals surface area (Å²) in [5.74, 6) is -0.267. The standard InChI is InChI=1S/C18H30N2O4/c1-14(20(13-21)12-16-7-9-24-10-8-16)17(22)18(23)19-11-15-5-3-2-4-6-15/h13-16H,2-12H2,1H3,(H,19,23). The first-order valence-electron chi connectivity index (χ1n) is 9.22. The maximum absolute atomic E-state index is 12.3. The SMILES string of the molecule is CC(C(=O)C(=O)NCC1CCCCC1)N(C=O)CC1CCOCC1. The van der Waals surface area contributed by atoms with Gasteiger partial charge in [0.1, 0.15) is 0 Å². The van der Waals surface area contributed by atoms with Crippen molar-refractivity contribution in [2.75, 3.05) is 26.3 Å². The zero-order valence-corrected chi connectivity index (χ0v) is 14.7. The molecule has 0 aromatic rings. The second-order valence-electron chi connectivity index (χ2n) is 7.11. The minimum absolute atomic E-state index is 0.338. The van der Waals surface area contributed by atoms with Crippen molar-refractivity contribution < 1.29 is 19.1 Å². The molecule has 1 aliphatic heterocycles. The molecule has 6 heteroatoms. The van der Waals surface area contributed by atoms with Crippen LogP contribution in [0.2, 0.25) is 0 Å². The van der Waals surface area contributed by atoms with E-state index in [1.54, 1.807) is 6.92 Å². The van der Waals surface area contributed by atoms with E-state index >= 15 is 0 Å². The van der Waals surface area contributed by atoms with Gasteiger partial charge in [-0.15, -0.1) is 0 Å². The van der Waals surface area contributed by atoms with Crippen LogP contribution in [0.4, 0.5) is 0 Å². The maximum Gasteiger partial charge on any atom is 0.289 e. The third kappa shape index (κ3) is 5.58. The Hall–Kier alpha value is -1.43. The first kappa shape index (κ1) is 18.9. The van der Waals surface area contributed by atoms with E-state index in [4.69, 9.17) is 4.74 Å². The van der Waals surface area contributed by atoms with E-state index in [1.807, 2.05) is 0 Å². The quantitative estimate of drug-likeness (QED) is 0.538. The largest absolute Gasteiger partial charge is 0.381 e. The second kappa shape index (κ2) is 9.77. The molecule has 0 spiro atoms. The van der Waals surface area contributed by atoms with Crippen LogP contribution in [0.15, 0.2) is 0 Å². The summed E-state index contributed by atoms with van der Waals surface area (Å²) in [7, 11) is 0. The molecule has 1 aliphatic carbocycles. The van der Waals surface area contributed by atoms with Gasteiger partial charge in [-0.25, -0.2) is 0 Å². The molecule has 136 valence electrons. The van der Waals surface area contributed by atoms with Crippen molar-refractivity contribution >= 4 is 18.1 Å². The van der Waals surface area contributed by atoms with E-state index in [0.29, 0.717) is 44.5 Å².